The van der Waals surface area contributed by atoms with Gasteiger partial charge in [0.05, 0.1) is 5.69 Å². The van der Waals surface area contributed by atoms with Gasteiger partial charge in [0.2, 0.25) is 5.96 Å². The van der Waals surface area contributed by atoms with Crippen LogP contribution in [0.3, 0.4) is 0 Å². The van der Waals surface area contributed by atoms with Crippen LogP contribution < -0.4 is 10.0 Å². The highest BCUT2D eigenvalue weighted by atomic mass is 35.5. The van der Waals surface area contributed by atoms with E-state index in [1.807, 2.05) is 24.5 Å². The van der Waals surface area contributed by atoms with E-state index in [-0.39, 0.29) is 10.2 Å². The van der Waals surface area contributed by atoms with E-state index >= 15 is 0 Å². The molecule has 2 heterocycles. The van der Waals surface area contributed by atoms with Crippen LogP contribution >= 0.6 is 34.7 Å². The standard InChI is InChI=1S/C13H12ClN3O2S3/c1-15-13-16-11-9(6-21-12(11)22(18,19)17-13)8-4-3-7(20-2)5-10(8)14/h3-6H,1-2H3,(H2,15,16,17). The number of nitrogens with zero attached hydrogens (tertiary/aromatic N) is 1. The summed E-state index contributed by atoms with van der Waals surface area (Å²) >= 11 is 9.10. The van der Waals surface area contributed by atoms with Crippen LogP contribution in [-0.2, 0) is 10.0 Å². The quantitative estimate of drug-likeness (QED) is 0.790. The topological polar surface area (TPSA) is 70.6 Å². The van der Waals surface area contributed by atoms with E-state index in [2.05, 4.69) is 15.0 Å². The van der Waals surface area contributed by atoms with Crippen molar-refractivity contribution in [3.63, 3.8) is 0 Å². The molecule has 1 aliphatic rings. The third-order valence-corrected chi connectivity index (χ3v) is 7.08. The van der Waals surface area contributed by atoms with Crippen molar-refractivity contribution in [3.8, 4) is 11.1 Å². The third kappa shape index (κ3) is 2.60. The van der Waals surface area contributed by atoms with Gasteiger partial charge in [-0.2, -0.15) is 0 Å². The molecule has 2 N–H and O–H groups in total. The lowest BCUT2D eigenvalue weighted by Gasteiger charge is -2.19. The number of thiophene rings is 1. The smallest absolute Gasteiger partial charge is 0.275 e. The summed E-state index contributed by atoms with van der Waals surface area (Å²) in [6.45, 7) is 0. The molecule has 0 spiro atoms. The van der Waals surface area contributed by atoms with Crippen molar-refractivity contribution in [2.24, 2.45) is 4.99 Å². The van der Waals surface area contributed by atoms with Crippen LogP contribution in [0.4, 0.5) is 5.69 Å². The van der Waals surface area contributed by atoms with Crippen LogP contribution in [-0.4, -0.2) is 27.7 Å². The number of guanidine groups is 1. The van der Waals surface area contributed by atoms with Crippen LogP contribution in [0, 0.1) is 0 Å². The molecule has 2 aromatic rings. The van der Waals surface area contributed by atoms with Gasteiger partial charge in [-0.15, -0.1) is 23.1 Å². The lowest BCUT2D eigenvalue weighted by molar-refractivity contribution is 0.594. The van der Waals surface area contributed by atoms with Gasteiger partial charge in [-0.05, 0) is 18.4 Å². The molecule has 116 valence electrons. The molecular formula is C13H12ClN3O2S3. The Morgan fingerprint density at radius 2 is 2.09 bits per heavy atom. The number of sulfonamides is 1. The highest BCUT2D eigenvalue weighted by Gasteiger charge is 2.31. The van der Waals surface area contributed by atoms with Crippen molar-refractivity contribution in [2.75, 3.05) is 18.6 Å². The molecule has 0 saturated carbocycles. The molecule has 0 atom stereocenters. The first-order valence-corrected chi connectivity index (χ1v) is 10.1. The van der Waals surface area contributed by atoms with E-state index in [1.165, 1.54) is 7.05 Å². The molecule has 5 nitrogen and oxygen atoms in total. The minimum Gasteiger partial charge on any atom is -0.323 e. The van der Waals surface area contributed by atoms with Gasteiger partial charge >= 0.3 is 0 Å². The van der Waals surface area contributed by atoms with E-state index in [1.54, 1.807) is 17.1 Å². The van der Waals surface area contributed by atoms with Gasteiger partial charge in [0, 0.05) is 33.5 Å². The largest absolute Gasteiger partial charge is 0.323 e. The van der Waals surface area contributed by atoms with Crippen molar-refractivity contribution in [2.45, 2.75) is 9.10 Å². The molecule has 1 aliphatic heterocycles. The van der Waals surface area contributed by atoms with E-state index < -0.39 is 10.0 Å². The van der Waals surface area contributed by atoms with Crippen molar-refractivity contribution < 1.29 is 8.42 Å². The molecular weight excluding hydrogens is 362 g/mol. The van der Waals surface area contributed by atoms with Gasteiger partial charge in [0.1, 0.15) is 0 Å². The average molecular weight is 374 g/mol. The van der Waals surface area contributed by atoms with E-state index in [4.69, 9.17) is 11.6 Å². The lowest BCUT2D eigenvalue weighted by Crippen LogP contribution is -2.39. The Labute approximate surface area is 141 Å². The van der Waals surface area contributed by atoms with Gasteiger partial charge in [-0.25, -0.2) is 13.1 Å². The summed E-state index contributed by atoms with van der Waals surface area (Å²) in [4.78, 5) is 4.94. The van der Waals surface area contributed by atoms with Crippen LogP contribution in [0.5, 0.6) is 0 Å². The number of thioether (sulfide) groups is 1. The number of hydrogen-bond acceptors (Lipinski definition) is 5. The number of fused-ring (bicyclic) bond motifs is 1. The Hall–Kier alpha value is -1.22. The number of halogens is 1. The van der Waals surface area contributed by atoms with Crippen molar-refractivity contribution in [1.29, 1.82) is 0 Å². The Kier molecular flexibility index (Phi) is 4.11. The molecule has 0 unspecified atom stereocenters. The predicted molar refractivity (Wildman–Crippen MR) is 93.8 cm³/mol. The normalized spacial score (nSPS) is 17.7. The molecule has 0 amide bonds. The minimum atomic E-state index is -3.59. The SMILES string of the molecule is CN=C1Nc2c(-c3ccc(SC)cc3Cl)csc2S(=O)(=O)N1. The Bertz CT molecular complexity index is 875. The van der Waals surface area contributed by atoms with E-state index in [0.29, 0.717) is 10.7 Å². The number of aliphatic imine (C=N–C) groups is 1. The molecule has 3 rings (SSSR count). The molecule has 1 aromatic carbocycles. The molecule has 1 aromatic heterocycles. The minimum absolute atomic E-state index is 0.198. The summed E-state index contributed by atoms with van der Waals surface area (Å²) in [5, 5.41) is 5.38. The molecule has 0 fully saturated rings. The van der Waals surface area contributed by atoms with Crippen LogP contribution in [0.25, 0.3) is 11.1 Å². The van der Waals surface area contributed by atoms with Gasteiger partial charge in [0.15, 0.2) is 4.21 Å². The van der Waals surface area contributed by atoms with Crippen molar-refractivity contribution in [3.05, 3.63) is 28.6 Å². The second-order valence-electron chi connectivity index (χ2n) is 4.46. The first-order valence-electron chi connectivity index (χ1n) is 6.18. The number of hydrogen-bond donors (Lipinski definition) is 2. The summed E-state index contributed by atoms with van der Waals surface area (Å²) in [5.41, 5.74) is 2.06. The third-order valence-electron chi connectivity index (χ3n) is 3.17. The highest BCUT2D eigenvalue weighted by Crippen LogP contribution is 2.43. The monoisotopic (exact) mass is 373 g/mol. The number of benzene rings is 1. The fraction of sp³-hybridized carbons (Fsp3) is 0.154. The molecule has 9 heteroatoms. The summed E-state index contributed by atoms with van der Waals surface area (Å²) < 4.78 is 27.0. The molecule has 22 heavy (non-hydrogen) atoms. The van der Waals surface area contributed by atoms with Crippen molar-refractivity contribution >= 4 is 56.4 Å². The van der Waals surface area contributed by atoms with E-state index in [0.717, 1.165) is 27.4 Å². The predicted octanol–water partition coefficient (Wildman–Crippen LogP) is 3.48. The highest BCUT2D eigenvalue weighted by molar-refractivity contribution is 7.98. The van der Waals surface area contributed by atoms with Gasteiger partial charge in [0.25, 0.3) is 10.0 Å². The second kappa shape index (κ2) is 5.77. The van der Waals surface area contributed by atoms with Gasteiger partial charge in [-0.1, -0.05) is 17.7 Å². The Morgan fingerprint density at radius 3 is 2.73 bits per heavy atom. The summed E-state index contributed by atoms with van der Waals surface area (Å²) in [5.74, 6) is 0.198. The average Bonchev–Trinajstić information content (AvgIpc) is 2.91. The number of rotatable bonds is 2. The lowest BCUT2D eigenvalue weighted by atomic mass is 10.1. The van der Waals surface area contributed by atoms with Crippen LogP contribution in [0.15, 0.2) is 37.7 Å². The van der Waals surface area contributed by atoms with Crippen LogP contribution in [0.2, 0.25) is 5.02 Å². The Balaban J connectivity index is 2.18. The zero-order valence-electron chi connectivity index (χ0n) is 11.7. The van der Waals surface area contributed by atoms with Crippen molar-refractivity contribution in [1.82, 2.24) is 4.72 Å². The fourth-order valence-electron chi connectivity index (χ4n) is 2.11. The van der Waals surface area contributed by atoms with Gasteiger partial charge in [-0.3, -0.25) is 4.99 Å². The van der Waals surface area contributed by atoms with Crippen LogP contribution in [0.1, 0.15) is 0 Å². The van der Waals surface area contributed by atoms with E-state index in [9.17, 15) is 8.42 Å². The zero-order chi connectivity index (χ0) is 15.9. The maximum Gasteiger partial charge on any atom is 0.275 e. The maximum absolute atomic E-state index is 12.2. The zero-order valence-corrected chi connectivity index (χ0v) is 14.9. The number of nitrogens with one attached hydrogen (secondary N) is 2. The summed E-state index contributed by atoms with van der Waals surface area (Å²) in [6, 6.07) is 5.73. The number of anilines is 1. The maximum atomic E-state index is 12.2. The van der Waals surface area contributed by atoms with Gasteiger partial charge < -0.3 is 5.32 Å². The Morgan fingerprint density at radius 1 is 1.32 bits per heavy atom. The first-order chi connectivity index (χ1) is 10.5. The molecule has 0 bridgehead atoms. The summed E-state index contributed by atoms with van der Waals surface area (Å²) in [6.07, 6.45) is 1.97. The molecule has 0 saturated heterocycles. The first kappa shape index (κ1) is 15.7. The fourth-order valence-corrected chi connectivity index (χ4v) is 5.35. The molecule has 0 aliphatic carbocycles. The second-order valence-corrected chi connectivity index (χ2v) is 8.50. The summed E-state index contributed by atoms with van der Waals surface area (Å²) in [7, 11) is -2.07. The molecule has 0 radical (unpaired) electrons.